The maximum absolute atomic E-state index is 6.20. The molecule has 100 valence electrons. The van der Waals surface area contributed by atoms with E-state index in [2.05, 4.69) is 52.1 Å². The second kappa shape index (κ2) is 4.93. The Labute approximate surface area is 111 Å². The zero-order valence-corrected chi connectivity index (χ0v) is 12.3. The number of rotatable bonds is 3. The van der Waals surface area contributed by atoms with Gasteiger partial charge in [-0.2, -0.15) is 0 Å². The van der Waals surface area contributed by atoms with Crippen LogP contribution < -0.4 is 10.1 Å². The molecule has 2 rings (SSSR count). The van der Waals surface area contributed by atoms with Gasteiger partial charge in [0.15, 0.2) is 0 Å². The maximum atomic E-state index is 6.20. The summed E-state index contributed by atoms with van der Waals surface area (Å²) in [6.07, 6.45) is 2.19. The second-order valence-corrected chi connectivity index (χ2v) is 6.00. The Morgan fingerprint density at radius 1 is 1.33 bits per heavy atom. The normalized spacial score (nSPS) is 21.3. The molecule has 1 aromatic carbocycles. The molecule has 0 aromatic heterocycles. The molecule has 1 aliphatic heterocycles. The third-order valence-corrected chi connectivity index (χ3v) is 3.80. The van der Waals surface area contributed by atoms with Crippen LogP contribution in [0.15, 0.2) is 12.1 Å². The van der Waals surface area contributed by atoms with Gasteiger partial charge in [0.25, 0.3) is 0 Å². The van der Waals surface area contributed by atoms with Gasteiger partial charge in [0, 0.05) is 18.0 Å². The molecule has 0 bridgehead atoms. The van der Waals surface area contributed by atoms with Gasteiger partial charge < -0.3 is 10.1 Å². The smallest absolute Gasteiger partial charge is 0.128 e. The van der Waals surface area contributed by atoms with Crippen LogP contribution >= 0.6 is 0 Å². The van der Waals surface area contributed by atoms with Crippen LogP contribution in [0.3, 0.4) is 0 Å². The number of aryl methyl sites for hydroxylation is 1. The fourth-order valence-electron chi connectivity index (χ4n) is 2.64. The van der Waals surface area contributed by atoms with Crippen molar-refractivity contribution in [3.63, 3.8) is 0 Å². The number of benzene rings is 1. The van der Waals surface area contributed by atoms with Crippen LogP contribution in [0.4, 0.5) is 0 Å². The number of hydrogen-bond donors (Lipinski definition) is 1. The van der Waals surface area contributed by atoms with Crippen molar-refractivity contribution in [2.75, 3.05) is 6.54 Å². The lowest BCUT2D eigenvalue weighted by atomic mass is 9.87. The van der Waals surface area contributed by atoms with Gasteiger partial charge in [0.2, 0.25) is 0 Å². The molecule has 0 fully saturated rings. The van der Waals surface area contributed by atoms with Crippen molar-refractivity contribution >= 4 is 0 Å². The van der Waals surface area contributed by atoms with Crippen LogP contribution in [0.1, 0.15) is 56.3 Å². The summed E-state index contributed by atoms with van der Waals surface area (Å²) in [5.74, 6) is 1.10. The van der Waals surface area contributed by atoms with E-state index >= 15 is 0 Å². The van der Waals surface area contributed by atoms with Crippen LogP contribution in [0.25, 0.3) is 0 Å². The highest BCUT2D eigenvalue weighted by Gasteiger charge is 2.34. The molecule has 1 atom stereocenters. The Morgan fingerprint density at radius 2 is 2.06 bits per heavy atom. The first-order valence-electron chi connectivity index (χ1n) is 6.97. The zero-order chi connectivity index (χ0) is 13.3. The largest absolute Gasteiger partial charge is 0.487 e. The van der Waals surface area contributed by atoms with Crippen LogP contribution in [0, 0.1) is 13.8 Å². The van der Waals surface area contributed by atoms with Crippen molar-refractivity contribution in [1.29, 1.82) is 0 Å². The molecule has 1 aromatic rings. The Bertz CT molecular complexity index is 437. The fraction of sp³-hybridized carbons (Fsp3) is 0.625. The summed E-state index contributed by atoms with van der Waals surface area (Å²) in [6.45, 7) is 11.9. The van der Waals surface area contributed by atoms with Crippen LogP contribution in [0.5, 0.6) is 5.75 Å². The first-order chi connectivity index (χ1) is 8.44. The minimum Gasteiger partial charge on any atom is -0.487 e. The molecule has 18 heavy (non-hydrogen) atoms. The molecule has 0 spiro atoms. The molecule has 2 heteroatoms. The number of ether oxygens (including phenoxy) is 1. The predicted octanol–water partition coefficient (Wildman–Crippen LogP) is 3.91. The minimum atomic E-state index is -0.0863. The lowest BCUT2D eigenvalue weighted by Crippen LogP contribution is -2.40. The highest BCUT2D eigenvalue weighted by molar-refractivity contribution is 5.48. The van der Waals surface area contributed by atoms with E-state index in [4.69, 9.17) is 4.74 Å². The van der Waals surface area contributed by atoms with E-state index in [0.29, 0.717) is 6.04 Å². The summed E-state index contributed by atoms with van der Waals surface area (Å²) in [7, 11) is 0. The predicted molar refractivity (Wildman–Crippen MR) is 76.3 cm³/mol. The van der Waals surface area contributed by atoms with Gasteiger partial charge in [-0.25, -0.2) is 0 Å². The van der Waals surface area contributed by atoms with Gasteiger partial charge in [0.05, 0.1) is 0 Å². The average Bonchev–Trinajstić information content (AvgIpc) is 2.30. The second-order valence-electron chi connectivity index (χ2n) is 6.00. The summed E-state index contributed by atoms with van der Waals surface area (Å²) in [6, 6.07) is 4.85. The van der Waals surface area contributed by atoms with E-state index in [-0.39, 0.29) is 5.60 Å². The molecular formula is C16H25NO. The Hall–Kier alpha value is -1.02. The molecule has 1 unspecified atom stereocenters. The number of nitrogens with one attached hydrogen (secondary N) is 1. The van der Waals surface area contributed by atoms with Gasteiger partial charge in [-0.15, -0.1) is 0 Å². The Morgan fingerprint density at radius 3 is 2.72 bits per heavy atom. The van der Waals surface area contributed by atoms with Gasteiger partial charge in [-0.1, -0.05) is 19.1 Å². The molecule has 0 amide bonds. The summed E-state index contributed by atoms with van der Waals surface area (Å²) < 4.78 is 6.20. The standard InChI is InChI=1S/C16H25NO/c1-6-9-17-14-10-16(4,5)18-15-12(3)11(2)7-8-13(14)15/h7-8,14,17H,6,9-10H2,1-5H3. The molecular weight excluding hydrogens is 222 g/mol. The number of fused-ring (bicyclic) bond motifs is 1. The van der Waals surface area contributed by atoms with Crippen LogP contribution in [-0.2, 0) is 0 Å². The molecule has 0 saturated heterocycles. The molecule has 2 nitrogen and oxygen atoms in total. The highest BCUT2D eigenvalue weighted by Crippen LogP contribution is 2.42. The number of hydrogen-bond acceptors (Lipinski definition) is 2. The van der Waals surface area contributed by atoms with Crippen LogP contribution in [-0.4, -0.2) is 12.1 Å². The average molecular weight is 247 g/mol. The maximum Gasteiger partial charge on any atom is 0.128 e. The summed E-state index contributed by atoms with van der Waals surface area (Å²) >= 11 is 0. The van der Waals surface area contributed by atoms with Gasteiger partial charge in [-0.3, -0.25) is 0 Å². The van der Waals surface area contributed by atoms with Crippen molar-refractivity contribution in [2.24, 2.45) is 0 Å². The van der Waals surface area contributed by atoms with Gasteiger partial charge >= 0.3 is 0 Å². The molecule has 1 N–H and O–H groups in total. The Balaban J connectivity index is 2.40. The molecule has 1 aliphatic rings. The van der Waals surface area contributed by atoms with Gasteiger partial charge in [0.1, 0.15) is 11.4 Å². The molecule has 0 radical (unpaired) electrons. The molecule has 1 heterocycles. The lowest BCUT2D eigenvalue weighted by molar-refractivity contribution is 0.0651. The van der Waals surface area contributed by atoms with E-state index in [1.54, 1.807) is 0 Å². The van der Waals surface area contributed by atoms with Crippen molar-refractivity contribution in [3.8, 4) is 5.75 Å². The van der Waals surface area contributed by atoms with Crippen LogP contribution in [0.2, 0.25) is 0 Å². The summed E-state index contributed by atoms with van der Waals surface area (Å²) in [5.41, 5.74) is 3.83. The Kier molecular flexibility index (Phi) is 3.67. The van der Waals surface area contributed by atoms with E-state index in [0.717, 1.165) is 25.1 Å². The summed E-state index contributed by atoms with van der Waals surface area (Å²) in [4.78, 5) is 0. The SMILES string of the molecule is CCCNC1CC(C)(C)Oc2c1ccc(C)c2C. The van der Waals surface area contributed by atoms with E-state index in [9.17, 15) is 0 Å². The van der Waals surface area contributed by atoms with Gasteiger partial charge in [-0.05, 0) is 51.8 Å². The quantitative estimate of drug-likeness (QED) is 0.874. The first-order valence-corrected chi connectivity index (χ1v) is 6.97. The topological polar surface area (TPSA) is 21.3 Å². The third-order valence-electron chi connectivity index (χ3n) is 3.80. The van der Waals surface area contributed by atoms with Crippen molar-refractivity contribution < 1.29 is 4.74 Å². The molecule has 0 aliphatic carbocycles. The third kappa shape index (κ3) is 2.54. The van der Waals surface area contributed by atoms with E-state index in [1.807, 2.05) is 0 Å². The minimum absolute atomic E-state index is 0.0863. The zero-order valence-electron chi connectivity index (χ0n) is 12.3. The monoisotopic (exact) mass is 247 g/mol. The van der Waals surface area contributed by atoms with Crippen molar-refractivity contribution in [3.05, 3.63) is 28.8 Å². The fourth-order valence-corrected chi connectivity index (χ4v) is 2.64. The highest BCUT2D eigenvalue weighted by atomic mass is 16.5. The van der Waals surface area contributed by atoms with Crippen molar-refractivity contribution in [1.82, 2.24) is 5.32 Å². The van der Waals surface area contributed by atoms with E-state index in [1.165, 1.54) is 16.7 Å². The molecule has 0 saturated carbocycles. The van der Waals surface area contributed by atoms with Crippen molar-refractivity contribution in [2.45, 2.75) is 59.1 Å². The first kappa shape index (κ1) is 13.4. The van der Waals surface area contributed by atoms with E-state index < -0.39 is 0 Å². The lowest BCUT2D eigenvalue weighted by Gasteiger charge is -2.39. The summed E-state index contributed by atoms with van der Waals surface area (Å²) in [5, 5.41) is 3.65.